The number of hydrogen-bond acceptors (Lipinski definition) is 5. The molecule has 0 aromatic heterocycles. The molecule has 9 heteroatoms. The maximum atomic E-state index is 12.7. The molecule has 0 bridgehead atoms. The van der Waals surface area contributed by atoms with E-state index in [4.69, 9.17) is 22.2 Å². The zero-order chi connectivity index (χ0) is 20.2. The highest BCUT2D eigenvalue weighted by molar-refractivity contribution is 7.92. The van der Waals surface area contributed by atoms with E-state index in [2.05, 4.69) is 4.72 Å². The molecule has 2 aromatic carbocycles. The van der Waals surface area contributed by atoms with Crippen LogP contribution in [0.3, 0.4) is 0 Å². The summed E-state index contributed by atoms with van der Waals surface area (Å²) >= 11 is 5.82. The molecular formula is C18H22ClN3O4S. The van der Waals surface area contributed by atoms with Gasteiger partial charge in [-0.1, -0.05) is 17.7 Å². The van der Waals surface area contributed by atoms with Crippen molar-refractivity contribution >= 4 is 33.2 Å². The van der Waals surface area contributed by atoms with E-state index in [1.807, 2.05) is 6.92 Å². The summed E-state index contributed by atoms with van der Waals surface area (Å²) in [5.74, 6) is -0.399. The summed E-state index contributed by atoms with van der Waals surface area (Å²) in [6.07, 6.45) is 0.183. The molecule has 3 N–H and O–H groups in total. The third kappa shape index (κ3) is 5.43. The zero-order valence-electron chi connectivity index (χ0n) is 15.3. The molecule has 27 heavy (non-hydrogen) atoms. The molecule has 0 fully saturated rings. The SMILES string of the molecule is CON(C)C(=O)[C@@H](N)Cc1cc(S(=O)(=O)Nc2ccc(Cl)cc2)ccc1C. The van der Waals surface area contributed by atoms with Crippen LogP contribution in [0.5, 0.6) is 0 Å². The average Bonchev–Trinajstić information content (AvgIpc) is 2.63. The van der Waals surface area contributed by atoms with Crippen molar-refractivity contribution in [3.05, 3.63) is 58.6 Å². The van der Waals surface area contributed by atoms with E-state index in [-0.39, 0.29) is 11.3 Å². The first-order valence-corrected chi connectivity index (χ1v) is 9.95. The highest BCUT2D eigenvalue weighted by atomic mass is 35.5. The fourth-order valence-corrected chi connectivity index (χ4v) is 3.65. The largest absolute Gasteiger partial charge is 0.320 e. The number of nitrogens with one attached hydrogen (secondary N) is 1. The molecule has 0 aliphatic carbocycles. The van der Waals surface area contributed by atoms with Crippen LogP contribution in [0.1, 0.15) is 11.1 Å². The van der Waals surface area contributed by atoms with Crippen LogP contribution >= 0.6 is 11.6 Å². The quantitative estimate of drug-likeness (QED) is 0.681. The van der Waals surface area contributed by atoms with Crippen molar-refractivity contribution < 1.29 is 18.0 Å². The van der Waals surface area contributed by atoms with Crippen molar-refractivity contribution in [3.63, 3.8) is 0 Å². The van der Waals surface area contributed by atoms with Crippen molar-refractivity contribution in [2.45, 2.75) is 24.3 Å². The average molecular weight is 412 g/mol. The smallest absolute Gasteiger partial charge is 0.263 e. The number of anilines is 1. The summed E-state index contributed by atoms with van der Waals surface area (Å²) in [4.78, 5) is 17.0. The van der Waals surface area contributed by atoms with Gasteiger partial charge in [0.05, 0.1) is 18.0 Å². The first-order valence-electron chi connectivity index (χ1n) is 8.09. The molecule has 0 saturated heterocycles. The van der Waals surface area contributed by atoms with Gasteiger partial charge in [0.15, 0.2) is 0 Å². The molecule has 1 atom stereocenters. The fraction of sp³-hybridized carbons (Fsp3) is 0.278. The van der Waals surface area contributed by atoms with E-state index in [1.165, 1.54) is 26.3 Å². The minimum atomic E-state index is -3.80. The lowest BCUT2D eigenvalue weighted by Crippen LogP contribution is -2.42. The second kappa shape index (κ2) is 8.71. The molecule has 7 nitrogen and oxygen atoms in total. The number of hydrogen-bond donors (Lipinski definition) is 2. The minimum Gasteiger partial charge on any atom is -0.320 e. The van der Waals surface area contributed by atoms with Gasteiger partial charge in [0, 0.05) is 17.8 Å². The van der Waals surface area contributed by atoms with Crippen LogP contribution in [0.4, 0.5) is 5.69 Å². The van der Waals surface area contributed by atoms with Crippen LogP contribution in [0.15, 0.2) is 47.4 Å². The monoisotopic (exact) mass is 411 g/mol. The van der Waals surface area contributed by atoms with E-state index in [1.54, 1.807) is 30.3 Å². The van der Waals surface area contributed by atoms with Gasteiger partial charge >= 0.3 is 0 Å². The Labute approximate surface area is 164 Å². The van der Waals surface area contributed by atoms with Crippen LogP contribution < -0.4 is 10.5 Å². The Morgan fingerprint density at radius 2 is 1.89 bits per heavy atom. The number of sulfonamides is 1. The molecule has 0 radical (unpaired) electrons. The number of likely N-dealkylation sites (N-methyl/N-ethyl adjacent to an activating group) is 1. The first-order chi connectivity index (χ1) is 12.6. The Kier molecular flexibility index (Phi) is 6.83. The molecule has 0 aliphatic heterocycles. The van der Waals surface area contributed by atoms with Crippen LogP contribution in [-0.2, 0) is 26.1 Å². The first kappa shape index (κ1) is 21.2. The van der Waals surface area contributed by atoms with Gasteiger partial charge in [-0.25, -0.2) is 13.5 Å². The summed E-state index contributed by atoms with van der Waals surface area (Å²) in [5, 5.41) is 1.55. The maximum absolute atomic E-state index is 12.7. The number of halogens is 1. The van der Waals surface area contributed by atoms with E-state index in [0.29, 0.717) is 16.3 Å². The zero-order valence-corrected chi connectivity index (χ0v) is 16.8. The van der Waals surface area contributed by atoms with Crippen molar-refractivity contribution in [2.75, 3.05) is 18.9 Å². The van der Waals surface area contributed by atoms with Crippen molar-refractivity contribution in [1.29, 1.82) is 0 Å². The molecule has 0 saturated carbocycles. The lowest BCUT2D eigenvalue weighted by atomic mass is 10.0. The molecule has 0 aliphatic rings. The lowest BCUT2D eigenvalue weighted by molar-refractivity contribution is -0.170. The Bertz CT molecular complexity index is 917. The number of hydroxylamine groups is 2. The molecular weight excluding hydrogens is 390 g/mol. The maximum Gasteiger partial charge on any atom is 0.263 e. The van der Waals surface area contributed by atoms with Gasteiger partial charge in [-0.2, -0.15) is 0 Å². The number of nitrogens with two attached hydrogens (primary N) is 1. The summed E-state index contributed by atoms with van der Waals surface area (Å²) in [5.41, 5.74) is 7.84. The molecule has 2 rings (SSSR count). The predicted molar refractivity (Wildman–Crippen MR) is 105 cm³/mol. The summed E-state index contributed by atoms with van der Waals surface area (Å²) in [7, 11) is -0.966. The Morgan fingerprint density at radius 3 is 2.48 bits per heavy atom. The summed E-state index contributed by atoms with van der Waals surface area (Å²) in [6, 6.07) is 10.2. The van der Waals surface area contributed by atoms with Gasteiger partial charge in [-0.3, -0.25) is 14.4 Å². The van der Waals surface area contributed by atoms with Gasteiger partial charge in [0.25, 0.3) is 15.9 Å². The number of aryl methyl sites for hydroxylation is 1. The number of carbonyl (C=O) groups excluding carboxylic acids is 1. The van der Waals surface area contributed by atoms with E-state index >= 15 is 0 Å². The molecule has 0 heterocycles. The van der Waals surface area contributed by atoms with Gasteiger partial charge in [0.1, 0.15) is 0 Å². The van der Waals surface area contributed by atoms with Gasteiger partial charge in [-0.15, -0.1) is 0 Å². The van der Waals surface area contributed by atoms with E-state index in [0.717, 1.165) is 10.6 Å². The molecule has 2 aromatic rings. The van der Waals surface area contributed by atoms with Crippen LogP contribution in [-0.4, -0.2) is 39.6 Å². The van der Waals surface area contributed by atoms with Crippen LogP contribution in [0.2, 0.25) is 5.02 Å². The van der Waals surface area contributed by atoms with E-state index < -0.39 is 22.0 Å². The summed E-state index contributed by atoms with van der Waals surface area (Å²) in [6.45, 7) is 1.83. The van der Waals surface area contributed by atoms with Crippen LogP contribution in [0, 0.1) is 6.92 Å². The van der Waals surface area contributed by atoms with Crippen molar-refractivity contribution in [3.8, 4) is 0 Å². The topological polar surface area (TPSA) is 102 Å². The second-order valence-corrected chi connectivity index (χ2v) is 8.15. The van der Waals surface area contributed by atoms with Gasteiger partial charge in [-0.05, 0) is 60.9 Å². The number of nitrogens with zero attached hydrogens (tertiary/aromatic N) is 1. The predicted octanol–water partition coefficient (Wildman–Crippen LogP) is 2.34. The number of carbonyl (C=O) groups is 1. The van der Waals surface area contributed by atoms with Crippen molar-refractivity contribution in [1.82, 2.24) is 5.06 Å². The summed E-state index contributed by atoms with van der Waals surface area (Å²) < 4.78 is 27.8. The van der Waals surface area contributed by atoms with Crippen molar-refractivity contribution in [2.24, 2.45) is 5.73 Å². The highest BCUT2D eigenvalue weighted by Crippen LogP contribution is 2.21. The third-order valence-electron chi connectivity index (χ3n) is 4.07. The highest BCUT2D eigenvalue weighted by Gasteiger charge is 2.21. The molecule has 0 unspecified atom stereocenters. The molecule has 1 amide bonds. The standard InChI is InChI=1S/C18H22ClN3O4S/c1-12-4-9-16(10-13(12)11-17(20)18(23)22(2)26-3)27(24,25)21-15-7-5-14(19)6-8-15/h4-10,17,21H,11,20H2,1-3H3/t17-/m0/s1. The number of rotatable bonds is 7. The molecule has 0 spiro atoms. The minimum absolute atomic E-state index is 0.0813. The van der Waals surface area contributed by atoms with Gasteiger partial charge in [0.2, 0.25) is 0 Å². The number of benzene rings is 2. The second-order valence-electron chi connectivity index (χ2n) is 6.03. The Balaban J connectivity index is 2.25. The fourth-order valence-electron chi connectivity index (χ4n) is 2.41. The Morgan fingerprint density at radius 1 is 1.26 bits per heavy atom. The lowest BCUT2D eigenvalue weighted by Gasteiger charge is -2.19. The Hall–Kier alpha value is -2.13. The van der Waals surface area contributed by atoms with E-state index in [9.17, 15) is 13.2 Å². The normalized spacial score (nSPS) is 12.5. The number of amides is 1. The third-order valence-corrected chi connectivity index (χ3v) is 5.70. The molecule has 146 valence electrons. The van der Waals surface area contributed by atoms with Crippen LogP contribution in [0.25, 0.3) is 0 Å². The van der Waals surface area contributed by atoms with Gasteiger partial charge < -0.3 is 5.73 Å².